The van der Waals surface area contributed by atoms with Gasteiger partial charge in [0, 0.05) is 12.6 Å². The van der Waals surface area contributed by atoms with Crippen LogP contribution in [-0.2, 0) is 22.4 Å². The first-order valence-corrected chi connectivity index (χ1v) is 10.4. The molecule has 0 spiro atoms. The number of aliphatic hydroxyl groups is 1. The van der Waals surface area contributed by atoms with Crippen LogP contribution in [0, 0.1) is 0 Å². The van der Waals surface area contributed by atoms with E-state index in [4.69, 9.17) is 31.5 Å². The molecular formula is C23H33N3O7. The van der Waals surface area contributed by atoms with Crippen molar-refractivity contribution < 1.29 is 34.8 Å². The van der Waals surface area contributed by atoms with Crippen LogP contribution in [0.3, 0.4) is 0 Å². The molecule has 1 unspecified atom stereocenters. The van der Waals surface area contributed by atoms with E-state index < -0.39 is 18.1 Å². The summed E-state index contributed by atoms with van der Waals surface area (Å²) < 4.78 is 5.45. The quantitative estimate of drug-likeness (QED) is 0.233. The van der Waals surface area contributed by atoms with Gasteiger partial charge in [-0.3, -0.25) is 9.59 Å². The highest BCUT2D eigenvalue weighted by molar-refractivity contribution is 5.76. The Morgan fingerprint density at radius 3 is 2.15 bits per heavy atom. The lowest BCUT2D eigenvalue weighted by Crippen LogP contribution is -2.35. The van der Waals surface area contributed by atoms with Gasteiger partial charge in [0.05, 0.1) is 6.42 Å². The second-order valence-corrected chi connectivity index (χ2v) is 7.79. The van der Waals surface area contributed by atoms with Crippen molar-refractivity contribution in [1.29, 1.82) is 0 Å². The minimum absolute atomic E-state index is 0.114. The smallest absolute Gasteiger partial charge is 0.320 e. The summed E-state index contributed by atoms with van der Waals surface area (Å²) >= 11 is 0. The summed E-state index contributed by atoms with van der Waals surface area (Å²) in [6, 6.07) is 10.5. The number of aliphatic carboxylic acids is 1. The molecule has 0 radical (unpaired) electrons. The standard InChI is InChI=1S/C14H22N2O3.C9H11NO4/c1-10(2)16-8-12(17)9-19-13-5-3-11(4-6-13)7-14(15)18;10-6(9(13)14)3-5-1-2-7(11)8(12)4-5/h3-6,10,12,16-17H,7-9H2,1-2H3,(H2,15,18);1-2,4,6,11-12H,3,10H2,(H,13,14)/t;6-/m.0/s1. The predicted octanol–water partition coefficient (Wildman–Crippen LogP) is 0.504. The summed E-state index contributed by atoms with van der Waals surface area (Å²) in [7, 11) is 0. The summed E-state index contributed by atoms with van der Waals surface area (Å²) in [5.74, 6) is -1.31. The fourth-order valence-electron chi connectivity index (χ4n) is 2.57. The van der Waals surface area contributed by atoms with Crippen molar-refractivity contribution in [3.63, 3.8) is 0 Å². The molecular weight excluding hydrogens is 430 g/mol. The van der Waals surface area contributed by atoms with Crippen molar-refractivity contribution in [1.82, 2.24) is 5.32 Å². The summed E-state index contributed by atoms with van der Waals surface area (Å²) in [5, 5.41) is 39.4. The Hall–Kier alpha value is -3.34. The summed E-state index contributed by atoms with van der Waals surface area (Å²) in [6.45, 7) is 4.77. The van der Waals surface area contributed by atoms with Crippen LogP contribution in [0.1, 0.15) is 25.0 Å². The average molecular weight is 464 g/mol. The normalized spacial score (nSPS) is 12.4. The number of carboxylic acid groups (broad SMARTS) is 1. The van der Waals surface area contributed by atoms with Crippen molar-refractivity contribution in [2.24, 2.45) is 11.5 Å². The molecule has 0 fully saturated rings. The van der Waals surface area contributed by atoms with Crippen LogP contribution in [0.5, 0.6) is 17.2 Å². The Morgan fingerprint density at radius 1 is 1.03 bits per heavy atom. The van der Waals surface area contributed by atoms with Crippen molar-refractivity contribution >= 4 is 11.9 Å². The molecule has 0 aromatic heterocycles. The lowest BCUT2D eigenvalue weighted by molar-refractivity contribution is -0.138. The van der Waals surface area contributed by atoms with Gasteiger partial charge in [-0.25, -0.2) is 0 Å². The van der Waals surface area contributed by atoms with Gasteiger partial charge >= 0.3 is 5.97 Å². The number of benzene rings is 2. The number of rotatable bonds is 11. The van der Waals surface area contributed by atoms with E-state index >= 15 is 0 Å². The molecule has 2 atom stereocenters. The van der Waals surface area contributed by atoms with Gasteiger partial charge in [-0.1, -0.05) is 32.0 Å². The number of nitrogens with one attached hydrogen (secondary N) is 1. The molecule has 1 amide bonds. The molecule has 2 aromatic rings. The molecule has 0 aliphatic heterocycles. The molecule has 0 heterocycles. The molecule has 9 N–H and O–H groups in total. The SMILES string of the molecule is CC(C)NCC(O)COc1ccc(CC(N)=O)cc1.N[C@@H](Cc1ccc(O)c(O)c1)C(=O)O. The minimum Gasteiger partial charge on any atom is -0.504 e. The van der Waals surface area contributed by atoms with E-state index in [0.717, 1.165) is 5.56 Å². The van der Waals surface area contributed by atoms with E-state index in [9.17, 15) is 14.7 Å². The minimum atomic E-state index is -1.10. The molecule has 0 bridgehead atoms. The second-order valence-electron chi connectivity index (χ2n) is 7.79. The van der Waals surface area contributed by atoms with Crippen LogP contribution in [0.15, 0.2) is 42.5 Å². The number of phenols is 2. The van der Waals surface area contributed by atoms with E-state index in [1.54, 1.807) is 24.3 Å². The van der Waals surface area contributed by atoms with Gasteiger partial charge in [-0.2, -0.15) is 0 Å². The maximum Gasteiger partial charge on any atom is 0.320 e. The first-order chi connectivity index (χ1) is 15.5. The first-order valence-electron chi connectivity index (χ1n) is 10.4. The van der Waals surface area contributed by atoms with Crippen LogP contribution in [0.4, 0.5) is 0 Å². The highest BCUT2D eigenvalue weighted by atomic mass is 16.5. The Kier molecular flexibility index (Phi) is 11.7. The number of carbonyl (C=O) groups is 2. The molecule has 182 valence electrons. The Labute approximate surface area is 192 Å². The lowest BCUT2D eigenvalue weighted by Gasteiger charge is -2.15. The largest absolute Gasteiger partial charge is 0.504 e. The third-order valence-corrected chi connectivity index (χ3v) is 4.32. The number of hydrogen-bond acceptors (Lipinski definition) is 8. The Morgan fingerprint density at radius 2 is 1.64 bits per heavy atom. The first kappa shape index (κ1) is 27.7. The summed E-state index contributed by atoms with van der Waals surface area (Å²) in [5.41, 5.74) is 11.8. The molecule has 10 heteroatoms. The zero-order chi connectivity index (χ0) is 25.0. The van der Waals surface area contributed by atoms with Gasteiger partial charge in [0.15, 0.2) is 11.5 Å². The van der Waals surface area contributed by atoms with Gasteiger partial charge in [-0.05, 0) is 41.8 Å². The molecule has 10 nitrogen and oxygen atoms in total. The number of hydrogen-bond donors (Lipinski definition) is 7. The number of aliphatic hydroxyl groups excluding tert-OH is 1. The van der Waals surface area contributed by atoms with Crippen molar-refractivity contribution in [3.8, 4) is 17.2 Å². The number of ether oxygens (including phenoxy) is 1. The van der Waals surface area contributed by atoms with E-state index in [1.807, 2.05) is 13.8 Å². The molecule has 0 aliphatic rings. The summed E-state index contributed by atoms with van der Waals surface area (Å²) in [6.07, 6.45) is -0.211. The lowest BCUT2D eigenvalue weighted by atomic mass is 10.1. The third kappa shape index (κ3) is 11.7. The number of amides is 1. The number of carbonyl (C=O) groups excluding carboxylic acids is 1. The van der Waals surface area contributed by atoms with Crippen LogP contribution in [-0.4, -0.2) is 63.6 Å². The number of carboxylic acids is 1. The number of nitrogens with two attached hydrogens (primary N) is 2. The number of aromatic hydroxyl groups is 2. The van der Waals surface area contributed by atoms with E-state index in [2.05, 4.69) is 5.32 Å². The molecule has 0 saturated heterocycles. The topological polar surface area (TPSA) is 188 Å². The van der Waals surface area contributed by atoms with Gasteiger partial charge in [0.1, 0.15) is 24.5 Å². The van der Waals surface area contributed by atoms with Crippen LogP contribution in [0.25, 0.3) is 0 Å². The Balaban J connectivity index is 0.000000346. The van der Waals surface area contributed by atoms with E-state index in [1.165, 1.54) is 18.2 Å². The van der Waals surface area contributed by atoms with Crippen LogP contribution < -0.4 is 21.5 Å². The highest BCUT2D eigenvalue weighted by Crippen LogP contribution is 2.25. The molecule has 0 aliphatic carbocycles. The monoisotopic (exact) mass is 463 g/mol. The van der Waals surface area contributed by atoms with Gasteiger partial charge in [0.2, 0.25) is 5.91 Å². The molecule has 0 saturated carbocycles. The highest BCUT2D eigenvalue weighted by Gasteiger charge is 2.13. The third-order valence-electron chi connectivity index (χ3n) is 4.32. The molecule has 2 aromatic carbocycles. The van der Waals surface area contributed by atoms with E-state index in [-0.39, 0.29) is 36.9 Å². The molecule has 2 rings (SSSR count). The van der Waals surface area contributed by atoms with E-state index in [0.29, 0.717) is 23.9 Å². The Bertz CT molecular complexity index is 888. The fraction of sp³-hybridized carbons (Fsp3) is 0.391. The maximum absolute atomic E-state index is 10.7. The zero-order valence-electron chi connectivity index (χ0n) is 18.8. The average Bonchev–Trinajstić information content (AvgIpc) is 2.74. The second kappa shape index (κ2) is 13.9. The van der Waals surface area contributed by atoms with Crippen LogP contribution >= 0.6 is 0 Å². The van der Waals surface area contributed by atoms with Gasteiger partial charge < -0.3 is 41.9 Å². The van der Waals surface area contributed by atoms with Gasteiger partial charge in [0.25, 0.3) is 0 Å². The number of phenolic OH excluding ortho intramolecular Hbond substituents is 2. The number of primary amides is 1. The fourth-order valence-corrected chi connectivity index (χ4v) is 2.57. The van der Waals surface area contributed by atoms with Crippen LogP contribution in [0.2, 0.25) is 0 Å². The van der Waals surface area contributed by atoms with Crippen molar-refractivity contribution in [3.05, 3.63) is 53.6 Å². The summed E-state index contributed by atoms with van der Waals surface area (Å²) in [4.78, 5) is 21.2. The molecule has 33 heavy (non-hydrogen) atoms. The van der Waals surface area contributed by atoms with Gasteiger partial charge in [-0.15, -0.1) is 0 Å². The van der Waals surface area contributed by atoms with Crippen molar-refractivity contribution in [2.75, 3.05) is 13.2 Å². The maximum atomic E-state index is 10.7. The predicted molar refractivity (Wildman–Crippen MR) is 123 cm³/mol. The zero-order valence-corrected chi connectivity index (χ0v) is 18.8. The van der Waals surface area contributed by atoms with Crippen molar-refractivity contribution in [2.45, 2.75) is 44.9 Å².